The van der Waals surface area contributed by atoms with Gasteiger partial charge < -0.3 is 10.3 Å². The zero-order valence-corrected chi connectivity index (χ0v) is 18.2. The minimum atomic E-state index is -3.49. The van der Waals surface area contributed by atoms with Crippen LogP contribution in [0.15, 0.2) is 53.4 Å². The second-order valence-electron chi connectivity index (χ2n) is 7.79. The van der Waals surface area contributed by atoms with E-state index in [-0.39, 0.29) is 11.4 Å². The Morgan fingerprint density at radius 2 is 1.68 bits per heavy atom. The molecule has 8 heteroatoms. The highest BCUT2D eigenvalue weighted by atomic mass is 32.2. The smallest absolute Gasteiger partial charge is 0.292 e. The Morgan fingerprint density at radius 1 is 1.00 bits per heavy atom. The number of hydrogen-bond acceptors (Lipinski definition) is 4. The first kappa shape index (κ1) is 21.3. The molecular weight excluding hydrogens is 414 g/mol. The molecule has 3 aromatic rings. The average Bonchev–Trinajstić information content (AvgIpc) is 3.13. The molecule has 1 amide bonds. The second kappa shape index (κ2) is 8.64. The summed E-state index contributed by atoms with van der Waals surface area (Å²) in [5.74, 6) is -1.29. The lowest BCUT2D eigenvalue weighted by molar-refractivity contribution is -0.117. The zero-order chi connectivity index (χ0) is 22.0. The third kappa shape index (κ3) is 4.26. The maximum atomic E-state index is 12.7. The van der Waals surface area contributed by atoms with Crippen LogP contribution in [0.5, 0.6) is 0 Å². The van der Waals surface area contributed by atoms with E-state index in [2.05, 4.69) is 10.3 Å². The van der Waals surface area contributed by atoms with Gasteiger partial charge in [0, 0.05) is 36.2 Å². The van der Waals surface area contributed by atoms with Crippen LogP contribution in [0.1, 0.15) is 40.9 Å². The molecule has 4 rings (SSSR count). The van der Waals surface area contributed by atoms with Crippen molar-refractivity contribution in [3.63, 3.8) is 0 Å². The number of aromatic amines is 1. The number of rotatable bonds is 6. The number of nitrogens with zero attached hydrogens (tertiary/aromatic N) is 1. The normalized spacial score (nSPS) is 15.1. The van der Waals surface area contributed by atoms with Gasteiger partial charge in [-0.15, -0.1) is 0 Å². The van der Waals surface area contributed by atoms with E-state index < -0.39 is 21.7 Å². The van der Waals surface area contributed by atoms with Crippen molar-refractivity contribution in [2.24, 2.45) is 0 Å². The lowest BCUT2D eigenvalue weighted by Gasteiger charge is -2.25. The molecule has 1 aliphatic rings. The van der Waals surface area contributed by atoms with E-state index in [1.165, 1.54) is 4.31 Å². The maximum absolute atomic E-state index is 12.7. The summed E-state index contributed by atoms with van der Waals surface area (Å²) in [5.41, 5.74) is 2.54. The fourth-order valence-corrected chi connectivity index (χ4v) is 5.50. The number of benzene rings is 2. The van der Waals surface area contributed by atoms with Crippen LogP contribution < -0.4 is 5.32 Å². The van der Waals surface area contributed by atoms with Crippen LogP contribution in [0.2, 0.25) is 0 Å². The Bertz CT molecular complexity index is 1220. The first-order chi connectivity index (χ1) is 14.9. The Kier molecular flexibility index (Phi) is 5.93. The van der Waals surface area contributed by atoms with Gasteiger partial charge in [-0.25, -0.2) is 8.42 Å². The summed E-state index contributed by atoms with van der Waals surface area (Å²) in [7, 11) is -3.49. The molecule has 0 radical (unpaired) electrons. The number of sulfonamides is 1. The topological polar surface area (TPSA) is 99.3 Å². The Morgan fingerprint density at radius 3 is 2.39 bits per heavy atom. The van der Waals surface area contributed by atoms with E-state index in [0.29, 0.717) is 29.7 Å². The highest BCUT2D eigenvalue weighted by Crippen LogP contribution is 2.23. The molecule has 0 aliphatic carbocycles. The SMILES string of the molecule is Cc1[nH]c2ccccc2c1C(=O)C(=O)NCc1ccc(S(=O)(=O)N2CCCCC2)cc1. The number of nitrogens with one attached hydrogen (secondary N) is 2. The van der Waals surface area contributed by atoms with Crippen LogP contribution in [-0.4, -0.2) is 42.5 Å². The van der Waals surface area contributed by atoms with Crippen molar-refractivity contribution in [2.75, 3.05) is 13.1 Å². The van der Waals surface area contributed by atoms with Gasteiger partial charge in [0.2, 0.25) is 10.0 Å². The molecule has 2 N–H and O–H groups in total. The third-order valence-corrected chi connectivity index (χ3v) is 7.57. The predicted octanol–water partition coefficient (Wildman–Crippen LogP) is 3.15. The van der Waals surface area contributed by atoms with Crippen molar-refractivity contribution in [1.29, 1.82) is 0 Å². The van der Waals surface area contributed by atoms with E-state index >= 15 is 0 Å². The van der Waals surface area contributed by atoms with E-state index in [1.54, 1.807) is 37.3 Å². The van der Waals surface area contributed by atoms with Crippen molar-refractivity contribution in [1.82, 2.24) is 14.6 Å². The first-order valence-electron chi connectivity index (χ1n) is 10.4. The van der Waals surface area contributed by atoms with E-state index in [4.69, 9.17) is 0 Å². The quantitative estimate of drug-likeness (QED) is 0.455. The summed E-state index contributed by atoms with van der Waals surface area (Å²) in [6.07, 6.45) is 2.82. The van der Waals surface area contributed by atoms with Gasteiger partial charge in [-0.3, -0.25) is 9.59 Å². The minimum Gasteiger partial charge on any atom is -0.358 e. The van der Waals surface area contributed by atoms with Gasteiger partial charge in [0.15, 0.2) is 0 Å². The summed E-state index contributed by atoms with van der Waals surface area (Å²) in [6.45, 7) is 3.00. The lowest BCUT2D eigenvalue weighted by Crippen LogP contribution is -2.35. The van der Waals surface area contributed by atoms with Crippen molar-refractivity contribution >= 4 is 32.6 Å². The fraction of sp³-hybridized carbons (Fsp3) is 0.304. The van der Waals surface area contributed by atoms with Gasteiger partial charge in [0.25, 0.3) is 11.7 Å². The highest BCUT2D eigenvalue weighted by Gasteiger charge is 2.26. The van der Waals surface area contributed by atoms with Crippen LogP contribution in [0.3, 0.4) is 0 Å². The van der Waals surface area contributed by atoms with Gasteiger partial charge in [0.05, 0.1) is 10.5 Å². The molecule has 7 nitrogen and oxygen atoms in total. The van der Waals surface area contributed by atoms with Crippen molar-refractivity contribution in [3.8, 4) is 0 Å². The van der Waals surface area contributed by atoms with Crippen molar-refractivity contribution in [3.05, 3.63) is 65.4 Å². The number of para-hydroxylation sites is 1. The molecule has 2 heterocycles. The molecule has 1 aliphatic heterocycles. The Labute approximate surface area is 181 Å². The molecule has 2 aromatic carbocycles. The van der Waals surface area contributed by atoms with Crippen LogP contribution >= 0.6 is 0 Å². The number of piperidine rings is 1. The average molecular weight is 440 g/mol. The standard InChI is InChI=1S/C23H25N3O4S/c1-16-21(19-7-3-4-8-20(19)25-16)22(27)23(28)24-15-17-9-11-18(12-10-17)31(29,30)26-13-5-2-6-14-26/h3-4,7-12,25H,2,5-6,13-15H2,1H3,(H,24,28). The highest BCUT2D eigenvalue weighted by molar-refractivity contribution is 7.89. The largest absolute Gasteiger partial charge is 0.358 e. The minimum absolute atomic E-state index is 0.135. The number of Topliss-reactive ketones (excluding diaryl/α,β-unsaturated/α-hetero) is 1. The van der Waals surface area contributed by atoms with Crippen LogP contribution in [-0.2, 0) is 21.4 Å². The summed E-state index contributed by atoms with van der Waals surface area (Å²) < 4.78 is 27.0. The molecular formula is C23H25N3O4S. The number of H-pyrrole nitrogens is 1. The number of fused-ring (bicyclic) bond motifs is 1. The summed E-state index contributed by atoms with van der Waals surface area (Å²) in [6, 6.07) is 13.8. The van der Waals surface area contributed by atoms with Crippen LogP contribution in [0.4, 0.5) is 0 Å². The number of carbonyl (C=O) groups is 2. The van der Waals surface area contributed by atoms with Gasteiger partial charge in [-0.05, 0) is 43.5 Å². The van der Waals surface area contributed by atoms with Crippen molar-refractivity contribution in [2.45, 2.75) is 37.6 Å². The van der Waals surface area contributed by atoms with E-state index in [1.807, 2.05) is 18.2 Å². The molecule has 162 valence electrons. The van der Waals surface area contributed by atoms with E-state index in [9.17, 15) is 18.0 Å². The van der Waals surface area contributed by atoms with Crippen molar-refractivity contribution < 1.29 is 18.0 Å². The number of ketones is 1. The van der Waals surface area contributed by atoms with Crippen LogP contribution in [0, 0.1) is 6.92 Å². The first-order valence-corrected chi connectivity index (χ1v) is 11.8. The zero-order valence-electron chi connectivity index (χ0n) is 17.3. The monoisotopic (exact) mass is 439 g/mol. The second-order valence-corrected chi connectivity index (χ2v) is 9.73. The molecule has 0 bridgehead atoms. The molecule has 1 aromatic heterocycles. The fourth-order valence-electron chi connectivity index (χ4n) is 3.98. The molecule has 31 heavy (non-hydrogen) atoms. The molecule has 0 saturated carbocycles. The number of carbonyl (C=O) groups excluding carboxylic acids is 2. The molecule has 1 saturated heterocycles. The van der Waals surface area contributed by atoms with Gasteiger partial charge in [0.1, 0.15) is 0 Å². The number of amides is 1. The third-order valence-electron chi connectivity index (χ3n) is 5.66. The molecule has 0 spiro atoms. The molecule has 0 atom stereocenters. The Hall–Kier alpha value is -2.97. The van der Waals surface area contributed by atoms with Gasteiger partial charge >= 0.3 is 0 Å². The van der Waals surface area contributed by atoms with E-state index in [0.717, 1.165) is 30.3 Å². The number of hydrogen-bond donors (Lipinski definition) is 2. The van der Waals surface area contributed by atoms with Gasteiger partial charge in [-0.1, -0.05) is 36.8 Å². The van der Waals surface area contributed by atoms with Gasteiger partial charge in [-0.2, -0.15) is 4.31 Å². The molecule has 0 unspecified atom stereocenters. The lowest BCUT2D eigenvalue weighted by atomic mass is 10.1. The number of aromatic nitrogens is 1. The summed E-state index contributed by atoms with van der Waals surface area (Å²) in [5, 5.41) is 3.35. The summed E-state index contributed by atoms with van der Waals surface area (Å²) >= 11 is 0. The number of aryl methyl sites for hydroxylation is 1. The predicted molar refractivity (Wildman–Crippen MR) is 118 cm³/mol. The Balaban J connectivity index is 1.42. The van der Waals surface area contributed by atoms with Crippen LogP contribution in [0.25, 0.3) is 10.9 Å². The summed E-state index contributed by atoms with van der Waals surface area (Å²) in [4.78, 5) is 28.5. The maximum Gasteiger partial charge on any atom is 0.292 e. The molecule has 1 fully saturated rings.